The van der Waals surface area contributed by atoms with E-state index in [0.29, 0.717) is 6.04 Å². The summed E-state index contributed by atoms with van der Waals surface area (Å²) in [6.07, 6.45) is -5.44. The van der Waals surface area contributed by atoms with Crippen molar-refractivity contribution >= 4 is 16.9 Å². The quantitative estimate of drug-likeness (QED) is 0.207. The first-order valence-electron chi connectivity index (χ1n) is 13.7. The smallest absolute Gasteiger partial charge is 0.329 e. The van der Waals surface area contributed by atoms with Crippen LogP contribution in [0.25, 0.3) is 10.9 Å². The minimum Gasteiger partial charge on any atom is -0.329 e. The Balaban J connectivity index is 1.58. The van der Waals surface area contributed by atoms with E-state index in [2.05, 4.69) is 34.3 Å². The highest BCUT2D eigenvalue weighted by molar-refractivity contribution is 5.79. The van der Waals surface area contributed by atoms with Crippen LogP contribution in [0.5, 0.6) is 0 Å². The standard InChI is InChI=1S/C29H31F6N7/c1-18(40(2)24-9-5-6-10-24)26-21(14-20-8-4-7-11-25(20)36-26)17-42(27-37-39-41(3)38-27)16-19-12-22(28(30,31)32)15-23(13-19)29(33,34)35/h4,7-8,11-15,18,24H,5-6,9-10,16-17H2,1-3H3. The monoisotopic (exact) mass is 591 g/mol. The van der Waals surface area contributed by atoms with Crippen molar-refractivity contribution in [3.05, 3.63) is 76.5 Å². The molecule has 0 aliphatic heterocycles. The number of pyridine rings is 1. The van der Waals surface area contributed by atoms with Gasteiger partial charge in [-0.25, -0.2) is 0 Å². The zero-order chi connectivity index (χ0) is 30.2. The maximum Gasteiger partial charge on any atom is 0.416 e. The van der Waals surface area contributed by atoms with Gasteiger partial charge in [0.05, 0.1) is 29.4 Å². The number of halogens is 6. The van der Waals surface area contributed by atoms with Gasteiger partial charge in [0.1, 0.15) is 0 Å². The number of para-hydroxylation sites is 1. The van der Waals surface area contributed by atoms with Gasteiger partial charge in [-0.15, -0.1) is 5.10 Å². The predicted octanol–water partition coefficient (Wildman–Crippen LogP) is 6.94. The van der Waals surface area contributed by atoms with Crippen molar-refractivity contribution in [3.63, 3.8) is 0 Å². The fourth-order valence-corrected chi connectivity index (χ4v) is 5.62. The Morgan fingerprint density at radius 3 is 2.17 bits per heavy atom. The van der Waals surface area contributed by atoms with Crippen LogP contribution in [0.15, 0.2) is 48.5 Å². The van der Waals surface area contributed by atoms with E-state index in [4.69, 9.17) is 4.98 Å². The number of tetrazole rings is 1. The summed E-state index contributed by atoms with van der Waals surface area (Å²) >= 11 is 0. The number of hydrogen-bond donors (Lipinski definition) is 0. The van der Waals surface area contributed by atoms with E-state index in [1.54, 1.807) is 0 Å². The third kappa shape index (κ3) is 6.50. The molecule has 1 aliphatic carbocycles. The number of fused-ring (bicyclic) bond motifs is 1. The van der Waals surface area contributed by atoms with Crippen LogP contribution >= 0.6 is 0 Å². The molecule has 0 bridgehead atoms. The van der Waals surface area contributed by atoms with Crippen molar-refractivity contribution in [2.45, 2.75) is 70.1 Å². The average Bonchev–Trinajstić information content (AvgIpc) is 3.63. The van der Waals surface area contributed by atoms with Crippen molar-refractivity contribution in [3.8, 4) is 0 Å². The summed E-state index contributed by atoms with van der Waals surface area (Å²) in [5.41, 5.74) is -0.604. The molecule has 13 heteroatoms. The summed E-state index contributed by atoms with van der Waals surface area (Å²) in [5.74, 6) is 0.0689. The highest BCUT2D eigenvalue weighted by Gasteiger charge is 2.37. The van der Waals surface area contributed by atoms with Crippen LogP contribution in [0.2, 0.25) is 0 Å². The second-order valence-electron chi connectivity index (χ2n) is 10.9. The first-order chi connectivity index (χ1) is 19.8. The molecule has 4 aromatic rings. The Morgan fingerprint density at radius 2 is 1.57 bits per heavy atom. The number of hydrogen-bond acceptors (Lipinski definition) is 6. The summed E-state index contributed by atoms with van der Waals surface area (Å²) < 4.78 is 81.7. The first-order valence-corrected chi connectivity index (χ1v) is 13.7. The minimum atomic E-state index is -4.96. The second-order valence-corrected chi connectivity index (χ2v) is 10.9. The molecule has 7 nitrogen and oxygen atoms in total. The Morgan fingerprint density at radius 1 is 0.929 bits per heavy atom. The zero-order valence-electron chi connectivity index (χ0n) is 23.4. The Hall–Kier alpha value is -3.74. The molecule has 0 amide bonds. The third-order valence-corrected chi connectivity index (χ3v) is 7.91. The van der Waals surface area contributed by atoms with Crippen molar-refractivity contribution in [2.24, 2.45) is 7.05 Å². The van der Waals surface area contributed by atoms with Crippen LogP contribution in [0.4, 0.5) is 32.3 Å². The molecule has 0 saturated heterocycles. The van der Waals surface area contributed by atoms with Crippen LogP contribution in [0, 0.1) is 0 Å². The van der Waals surface area contributed by atoms with Crippen molar-refractivity contribution < 1.29 is 26.3 Å². The molecule has 42 heavy (non-hydrogen) atoms. The summed E-state index contributed by atoms with van der Waals surface area (Å²) in [6.45, 7) is 1.82. The molecule has 2 aromatic carbocycles. The molecule has 2 aromatic heterocycles. The van der Waals surface area contributed by atoms with Gasteiger partial charge in [0, 0.05) is 30.6 Å². The SMILES string of the molecule is CC(c1nc2ccccc2cc1CN(Cc1cc(C(F)(F)F)cc(C(F)(F)F)c1)c1nnn(C)n1)N(C)C1CCCC1. The normalized spacial score (nSPS) is 15.6. The Bertz CT molecular complexity index is 1510. The van der Waals surface area contributed by atoms with E-state index in [9.17, 15) is 26.3 Å². The number of benzene rings is 2. The second kappa shape index (κ2) is 11.5. The lowest BCUT2D eigenvalue weighted by Gasteiger charge is -2.32. The maximum atomic E-state index is 13.6. The molecular weight excluding hydrogens is 560 g/mol. The molecule has 2 heterocycles. The summed E-state index contributed by atoms with van der Waals surface area (Å²) in [6, 6.07) is 11.4. The van der Waals surface area contributed by atoms with E-state index in [0.717, 1.165) is 60.0 Å². The Labute approximate surface area is 239 Å². The summed E-state index contributed by atoms with van der Waals surface area (Å²) in [5, 5.41) is 13.0. The number of alkyl halides is 6. The third-order valence-electron chi connectivity index (χ3n) is 7.91. The Kier molecular flexibility index (Phi) is 8.15. The lowest BCUT2D eigenvalue weighted by atomic mass is 10.0. The fourth-order valence-electron chi connectivity index (χ4n) is 5.62. The van der Waals surface area contributed by atoms with Crippen molar-refractivity contribution in [2.75, 3.05) is 11.9 Å². The molecular formula is C29H31F6N7. The lowest BCUT2D eigenvalue weighted by Crippen LogP contribution is -2.33. The van der Waals surface area contributed by atoms with Gasteiger partial charge < -0.3 is 4.90 Å². The number of aryl methyl sites for hydroxylation is 1. The molecule has 1 saturated carbocycles. The zero-order valence-corrected chi connectivity index (χ0v) is 23.4. The van der Waals surface area contributed by atoms with E-state index in [1.165, 1.54) is 16.7 Å². The number of anilines is 1. The van der Waals surface area contributed by atoms with Gasteiger partial charge in [-0.3, -0.25) is 9.88 Å². The van der Waals surface area contributed by atoms with Crippen LogP contribution in [-0.4, -0.2) is 43.2 Å². The van der Waals surface area contributed by atoms with Crippen LogP contribution in [0.3, 0.4) is 0 Å². The van der Waals surface area contributed by atoms with Crippen LogP contribution < -0.4 is 4.90 Å². The molecule has 0 radical (unpaired) electrons. The van der Waals surface area contributed by atoms with E-state index >= 15 is 0 Å². The summed E-state index contributed by atoms with van der Waals surface area (Å²) in [4.78, 5) is 10.00. The van der Waals surface area contributed by atoms with Gasteiger partial charge in [-0.1, -0.05) is 36.1 Å². The largest absolute Gasteiger partial charge is 0.416 e. The van der Waals surface area contributed by atoms with Gasteiger partial charge in [-0.2, -0.15) is 31.1 Å². The average molecular weight is 592 g/mol. The van der Waals surface area contributed by atoms with E-state index in [1.807, 2.05) is 30.3 Å². The highest BCUT2D eigenvalue weighted by Crippen LogP contribution is 2.37. The lowest BCUT2D eigenvalue weighted by molar-refractivity contribution is -0.143. The predicted molar refractivity (Wildman–Crippen MR) is 145 cm³/mol. The van der Waals surface area contributed by atoms with Gasteiger partial charge in [0.25, 0.3) is 5.95 Å². The van der Waals surface area contributed by atoms with E-state index in [-0.39, 0.29) is 36.7 Å². The maximum absolute atomic E-state index is 13.6. The molecule has 5 rings (SSSR count). The van der Waals surface area contributed by atoms with Crippen LogP contribution in [0.1, 0.15) is 66.6 Å². The number of nitrogens with zero attached hydrogens (tertiary/aromatic N) is 7. The molecule has 0 N–H and O–H groups in total. The van der Waals surface area contributed by atoms with Gasteiger partial charge in [0.2, 0.25) is 0 Å². The van der Waals surface area contributed by atoms with Gasteiger partial charge in [-0.05, 0) is 73.5 Å². The molecule has 1 fully saturated rings. The number of aromatic nitrogens is 5. The first kappa shape index (κ1) is 29.7. The van der Waals surface area contributed by atoms with Gasteiger partial charge >= 0.3 is 12.4 Å². The highest BCUT2D eigenvalue weighted by atomic mass is 19.4. The summed E-state index contributed by atoms with van der Waals surface area (Å²) in [7, 11) is 3.59. The molecule has 1 aliphatic rings. The van der Waals surface area contributed by atoms with Crippen LogP contribution in [-0.2, 0) is 32.5 Å². The fraction of sp³-hybridized carbons (Fsp3) is 0.448. The topological polar surface area (TPSA) is 63.0 Å². The molecule has 1 unspecified atom stereocenters. The van der Waals surface area contributed by atoms with Gasteiger partial charge in [0.15, 0.2) is 0 Å². The molecule has 1 atom stereocenters. The van der Waals surface area contributed by atoms with E-state index < -0.39 is 23.5 Å². The van der Waals surface area contributed by atoms with Crippen molar-refractivity contribution in [1.82, 2.24) is 30.1 Å². The molecule has 224 valence electrons. The minimum absolute atomic E-state index is 0.0689. The number of rotatable bonds is 8. The van der Waals surface area contributed by atoms with Crippen molar-refractivity contribution in [1.29, 1.82) is 0 Å². The molecule has 0 spiro atoms.